The molecule has 40 heavy (non-hydrogen) atoms. The van der Waals surface area contributed by atoms with Crippen LogP contribution < -0.4 is 0 Å². The lowest BCUT2D eigenvalue weighted by Gasteiger charge is -2.32. The van der Waals surface area contributed by atoms with Crippen LogP contribution in [0.5, 0.6) is 0 Å². The van der Waals surface area contributed by atoms with Crippen molar-refractivity contribution in [2.45, 2.75) is 167 Å². The number of carboxylic acids is 1. The van der Waals surface area contributed by atoms with Crippen molar-refractivity contribution >= 4 is 5.97 Å². The average molecular weight is 564 g/mol. The lowest BCUT2D eigenvalue weighted by atomic mass is 9.81. The Kier molecular flexibility index (Phi) is 16.5. The van der Waals surface area contributed by atoms with E-state index < -0.39 is 23.6 Å². The highest BCUT2D eigenvalue weighted by atomic mass is 16.4. The first-order valence-corrected chi connectivity index (χ1v) is 16.6. The zero-order chi connectivity index (χ0) is 29.4. The van der Waals surface area contributed by atoms with Crippen molar-refractivity contribution in [2.75, 3.05) is 0 Å². The van der Waals surface area contributed by atoms with Crippen molar-refractivity contribution in [3.63, 3.8) is 0 Å². The van der Waals surface area contributed by atoms with E-state index in [4.69, 9.17) is 0 Å². The van der Waals surface area contributed by atoms with E-state index in [9.17, 15) is 25.2 Å². The molecule has 232 valence electrons. The quantitative estimate of drug-likeness (QED) is 0.0881. The number of carbonyl (C=O) groups is 1. The molecule has 0 amide bonds. The fourth-order valence-electron chi connectivity index (χ4n) is 6.53. The topological polar surface area (TPSA) is 114 Å². The fourth-order valence-corrected chi connectivity index (χ4v) is 6.53. The molecule has 1 heterocycles. The monoisotopic (exact) mass is 563 g/mol. The van der Waals surface area contributed by atoms with Crippen molar-refractivity contribution in [1.29, 1.82) is 0 Å². The van der Waals surface area contributed by atoms with Gasteiger partial charge in [0.2, 0.25) is 0 Å². The zero-order valence-corrected chi connectivity index (χ0v) is 25.9. The summed E-state index contributed by atoms with van der Waals surface area (Å²) in [5.74, 6) is -0.926. The SMILES string of the molecule is CCCCCCC[C@H](O)CCCCCC[C@H](C(=O)O)[C@H](O)CC[C@@]1(O)CCC[C@H]1Cc1cc(CCC(C)C)c[nH]1. The van der Waals surface area contributed by atoms with E-state index >= 15 is 0 Å². The first kappa shape index (κ1) is 34.8. The molecule has 1 saturated carbocycles. The lowest BCUT2D eigenvalue weighted by molar-refractivity contribution is -0.146. The van der Waals surface area contributed by atoms with Gasteiger partial charge in [-0.2, -0.15) is 0 Å². The molecule has 0 unspecified atom stereocenters. The summed E-state index contributed by atoms with van der Waals surface area (Å²) in [5, 5.41) is 42.3. The summed E-state index contributed by atoms with van der Waals surface area (Å²) in [6.45, 7) is 6.68. The summed E-state index contributed by atoms with van der Waals surface area (Å²) in [7, 11) is 0. The number of aliphatic carboxylic acids is 1. The number of hydrogen-bond donors (Lipinski definition) is 5. The first-order chi connectivity index (χ1) is 19.1. The molecule has 1 fully saturated rings. The third-order valence-corrected chi connectivity index (χ3v) is 9.30. The van der Waals surface area contributed by atoms with Crippen LogP contribution >= 0.6 is 0 Å². The van der Waals surface area contributed by atoms with Gasteiger partial charge >= 0.3 is 5.97 Å². The molecule has 0 aliphatic heterocycles. The molecular formula is C34H61NO5. The van der Waals surface area contributed by atoms with E-state index in [1.165, 1.54) is 31.2 Å². The van der Waals surface area contributed by atoms with E-state index in [0.717, 1.165) is 82.7 Å². The minimum atomic E-state index is -0.943. The predicted molar refractivity (Wildman–Crippen MR) is 163 cm³/mol. The Labute approximate surface area is 244 Å². The molecule has 6 nitrogen and oxygen atoms in total. The van der Waals surface area contributed by atoms with Gasteiger partial charge in [0.25, 0.3) is 0 Å². The molecule has 5 N–H and O–H groups in total. The highest BCUT2D eigenvalue weighted by Gasteiger charge is 2.41. The smallest absolute Gasteiger partial charge is 0.309 e. The number of H-pyrrole nitrogens is 1. The third-order valence-electron chi connectivity index (χ3n) is 9.30. The number of hydrogen-bond acceptors (Lipinski definition) is 4. The number of rotatable bonds is 23. The summed E-state index contributed by atoms with van der Waals surface area (Å²) in [6, 6.07) is 2.23. The number of aliphatic hydroxyl groups excluding tert-OH is 2. The third kappa shape index (κ3) is 13.1. The number of aromatic nitrogens is 1. The van der Waals surface area contributed by atoms with Crippen LogP contribution in [0.2, 0.25) is 0 Å². The van der Waals surface area contributed by atoms with Crippen LogP contribution in [0, 0.1) is 17.8 Å². The number of aliphatic hydroxyl groups is 3. The van der Waals surface area contributed by atoms with E-state index in [1.807, 2.05) is 0 Å². The van der Waals surface area contributed by atoms with E-state index in [0.29, 0.717) is 31.6 Å². The first-order valence-electron chi connectivity index (χ1n) is 16.6. The standard InChI is InChI=1S/C34H61NO5/c1-4-5-6-7-10-15-30(36)16-11-8-9-12-17-31(33(38)39)32(37)20-22-34(40)21-13-14-28(34)24-29-23-27(25-35-29)19-18-26(2)3/h23,25-26,28,30-32,35-37,40H,4-22,24H2,1-3H3,(H,38,39)/t28-,30-,31-,32+,34-/m0/s1. The van der Waals surface area contributed by atoms with Crippen molar-refractivity contribution in [3.8, 4) is 0 Å². The Morgan fingerprint density at radius 3 is 2.25 bits per heavy atom. The summed E-state index contributed by atoms with van der Waals surface area (Å²) < 4.78 is 0. The van der Waals surface area contributed by atoms with Gasteiger partial charge < -0.3 is 25.4 Å². The van der Waals surface area contributed by atoms with Gasteiger partial charge in [0.1, 0.15) is 0 Å². The van der Waals surface area contributed by atoms with Crippen LogP contribution in [0.25, 0.3) is 0 Å². The predicted octanol–water partition coefficient (Wildman–Crippen LogP) is 7.58. The number of carboxylic acid groups (broad SMARTS) is 1. The van der Waals surface area contributed by atoms with Crippen LogP contribution in [0.4, 0.5) is 0 Å². The summed E-state index contributed by atoms with van der Waals surface area (Å²) in [5.41, 5.74) is 1.64. The van der Waals surface area contributed by atoms with E-state index in [1.54, 1.807) is 0 Å². The van der Waals surface area contributed by atoms with Gasteiger partial charge in [-0.05, 0) is 87.7 Å². The van der Waals surface area contributed by atoms with Gasteiger partial charge in [0.15, 0.2) is 0 Å². The summed E-state index contributed by atoms with van der Waals surface area (Å²) in [6.07, 6.45) is 19.2. The lowest BCUT2D eigenvalue weighted by Crippen LogP contribution is -2.37. The molecule has 5 atom stereocenters. The minimum Gasteiger partial charge on any atom is -0.481 e. The van der Waals surface area contributed by atoms with Gasteiger partial charge in [-0.1, -0.05) is 85.0 Å². The molecule has 6 heteroatoms. The average Bonchev–Trinajstić information content (AvgIpc) is 3.51. The highest BCUT2D eigenvalue weighted by Crippen LogP contribution is 2.41. The molecular weight excluding hydrogens is 502 g/mol. The number of aryl methyl sites for hydroxylation is 1. The van der Waals surface area contributed by atoms with Crippen molar-refractivity contribution in [1.82, 2.24) is 4.98 Å². The second-order valence-corrected chi connectivity index (χ2v) is 13.3. The second-order valence-electron chi connectivity index (χ2n) is 13.3. The van der Waals surface area contributed by atoms with Gasteiger partial charge in [-0.15, -0.1) is 0 Å². The number of nitrogens with one attached hydrogen (secondary N) is 1. The van der Waals surface area contributed by atoms with Crippen LogP contribution in [-0.4, -0.2) is 49.2 Å². The summed E-state index contributed by atoms with van der Waals surface area (Å²) >= 11 is 0. The molecule has 0 spiro atoms. The van der Waals surface area contributed by atoms with Crippen LogP contribution in [0.3, 0.4) is 0 Å². The Hall–Kier alpha value is -1.37. The Bertz CT molecular complexity index is 808. The van der Waals surface area contributed by atoms with Crippen molar-refractivity contribution < 1.29 is 25.2 Å². The molecule has 2 rings (SSSR count). The number of unbranched alkanes of at least 4 members (excludes halogenated alkanes) is 7. The summed E-state index contributed by atoms with van der Waals surface area (Å²) in [4.78, 5) is 15.3. The normalized spacial score (nSPS) is 21.6. The maximum atomic E-state index is 11.9. The Morgan fingerprint density at radius 1 is 0.975 bits per heavy atom. The molecule has 1 aromatic heterocycles. The maximum Gasteiger partial charge on any atom is 0.309 e. The molecule has 1 aliphatic carbocycles. The van der Waals surface area contributed by atoms with E-state index in [-0.39, 0.29) is 12.0 Å². The molecule has 0 aromatic carbocycles. The second kappa shape index (κ2) is 18.9. The van der Waals surface area contributed by atoms with Crippen molar-refractivity contribution in [3.05, 3.63) is 23.5 Å². The number of aromatic amines is 1. The van der Waals surface area contributed by atoms with Crippen LogP contribution in [0.1, 0.15) is 148 Å². The van der Waals surface area contributed by atoms with E-state index in [2.05, 4.69) is 38.0 Å². The maximum absolute atomic E-state index is 11.9. The minimum absolute atomic E-state index is 0.131. The van der Waals surface area contributed by atoms with Gasteiger partial charge in [-0.25, -0.2) is 0 Å². The molecule has 0 radical (unpaired) electrons. The molecule has 1 aliphatic rings. The van der Waals surface area contributed by atoms with Gasteiger partial charge in [-0.3, -0.25) is 4.79 Å². The van der Waals surface area contributed by atoms with Crippen molar-refractivity contribution in [2.24, 2.45) is 17.8 Å². The van der Waals surface area contributed by atoms with Gasteiger partial charge in [0, 0.05) is 11.9 Å². The molecule has 0 bridgehead atoms. The molecule has 0 saturated heterocycles. The Balaban J connectivity index is 1.69. The Morgan fingerprint density at radius 2 is 1.62 bits per heavy atom. The zero-order valence-electron chi connectivity index (χ0n) is 25.9. The van der Waals surface area contributed by atoms with Gasteiger partial charge in [0.05, 0.1) is 23.7 Å². The molecule has 1 aromatic rings. The largest absolute Gasteiger partial charge is 0.481 e. The van der Waals surface area contributed by atoms with Crippen LogP contribution in [-0.2, 0) is 17.6 Å². The highest BCUT2D eigenvalue weighted by molar-refractivity contribution is 5.70. The van der Waals surface area contributed by atoms with Crippen LogP contribution in [0.15, 0.2) is 12.3 Å². The fraction of sp³-hybridized carbons (Fsp3) is 0.853.